The molecule has 0 aliphatic carbocycles. The number of hydrogen-bond donors (Lipinski definition) is 2. The van der Waals surface area contributed by atoms with Crippen LogP contribution in [0.5, 0.6) is 5.75 Å². The first-order valence-electron chi connectivity index (χ1n) is 7.50. The second-order valence-electron chi connectivity index (χ2n) is 5.59. The molecule has 5 nitrogen and oxygen atoms in total. The van der Waals surface area contributed by atoms with Gasteiger partial charge in [-0.25, -0.2) is 0 Å². The Morgan fingerprint density at radius 2 is 2.00 bits per heavy atom. The van der Waals surface area contributed by atoms with Gasteiger partial charge in [0, 0.05) is 18.7 Å². The monoisotopic (exact) mass is 313 g/mol. The number of fused-ring (bicyclic) bond motifs is 2. The van der Waals surface area contributed by atoms with Crippen molar-refractivity contribution in [1.29, 1.82) is 0 Å². The SMILES string of the molecule is COc1ccc2c(=O)c3cc(CNC(C)CO)ccc3oc2c1. The molecule has 1 atom stereocenters. The van der Waals surface area contributed by atoms with Crippen molar-refractivity contribution < 1.29 is 14.3 Å². The smallest absolute Gasteiger partial charge is 0.200 e. The number of rotatable bonds is 5. The van der Waals surface area contributed by atoms with Crippen LogP contribution >= 0.6 is 0 Å². The fourth-order valence-corrected chi connectivity index (χ4v) is 2.48. The van der Waals surface area contributed by atoms with Gasteiger partial charge in [0.15, 0.2) is 0 Å². The fraction of sp³-hybridized carbons (Fsp3) is 0.278. The first kappa shape index (κ1) is 15.5. The van der Waals surface area contributed by atoms with E-state index in [0.717, 1.165) is 5.56 Å². The van der Waals surface area contributed by atoms with Crippen molar-refractivity contribution >= 4 is 21.9 Å². The maximum Gasteiger partial charge on any atom is 0.200 e. The summed E-state index contributed by atoms with van der Waals surface area (Å²) in [5.74, 6) is 0.652. The maximum absolute atomic E-state index is 12.7. The predicted molar refractivity (Wildman–Crippen MR) is 89.9 cm³/mol. The Balaban J connectivity index is 2.07. The van der Waals surface area contributed by atoms with E-state index >= 15 is 0 Å². The molecule has 3 aromatic rings. The van der Waals surface area contributed by atoms with Crippen molar-refractivity contribution in [3.63, 3.8) is 0 Å². The fourth-order valence-electron chi connectivity index (χ4n) is 2.48. The van der Waals surface area contributed by atoms with Gasteiger partial charge in [0.05, 0.1) is 24.5 Å². The van der Waals surface area contributed by atoms with Gasteiger partial charge in [-0.05, 0) is 36.8 Å². The summed E-state index contributed by atoms with van der Waals surface area (Å²) in [5, 5.41) is 13.3. The number of hydrogen-bond acceptors (Lipinski definition) is 5. The van der Waals surface area contributed by atoms with E-state index in [1.165, 1.54) is 0 Å². The minimum atomic E-state index is -0.0547. The van der Waals surface area contributed by atoms with Crippen LogP contribution in [-0.4, -0.2) is 24.9 Å². The van der Waals surface area contributed by atoms with E-state index in [4.69, 9.17) is 14.3 Å². The Kier molecular flexibility index (Phi) is 4.32. The molecule has 0 fully saturated rings. The zero-order valence-corrected chi connectivity index (χ0v) is 13.1. The zero-order chi connectivity index (χ0) is 16.4. The third kappa shape index (κ3) is 3.06. The summed E-state index contributed by atoms with van der Waals surface area (Å²) in [4.78, 5) is 12.7. The molecule has 1 aromatic heterocycles. The van der Waals surface area contributed by atoms with Crippen LogP contribution in [0.3, 0.4) is 0 Å². The third-order valence-corrected chi connectivity index (χ3v) is 3.87. The lowest BCUT2D eigenvalue weighted by molar-refractivity contribution is 0.251. The van der Waals surface area contributed by atoms with Crippen LogP contribution in [0.15, 0.2) is 45.6 Å². The summed E-state index contributed by atoms with van der Waals surface area (Å²) in [7, 11) is 1.58. The number of ether oxygens (including phenoxy) is 1. The van der Waals surface area contributed by atoms with Gasteiger partial charge in [-0.15, -0.1) is 0 Å². The minimum absolute atomic E-state index is 0.00572. The molecular formula is C18H19NO4. The van der Waals surface area contributed by atoms with Gasteiger partial charge < -0.3 is 19.6 Å². The Bertz CT molecular complexity index is 901. The first-order chi connectivity index (χ1) is 11.1. The van der Waals surface area contributed by atoms with Gasteiger partial charge in [0.25, 0.3) is 0 Å². The lowest BCUT2D eigenvalue weighted by Crippen LogP contribution is -2.28. The van der Waals surface area contributed by atoms with Crippen molar-refractivity contribution in [2.75, 3.05) is 13.7 Å². The summed E-state index contributed by atoms with van der Waals surface area (Å²) < 4.78 is 11.0. The van der Waals surface area contributed by atoms with E-state index < -0.39 is 0 Å². The van der Waals surface area contributed by atoms with Crippen molar-refractivity contribution in [3.8, 4) is 5.75 Å². The molecular weight excluding hydrogens is 294 g/mol. The standard InChI is InChI=1S/C18H19NO4/c1-11(10-20)19-9-12-3-6-16-15(7-12)18(21)14-5-4-13(22-2)8-17(14)23-16/h3-8,11,19-20H,9-10H2,1-2H3. The van der Waals surface area contributed by atoms with Crippen LogP contribution in [0.25, 0.3) is 21.9 Å². The van der Waals surface area contributed by atoms with Crippen LogP contribution in [0, 0.1) is 0 Å². The highest BCUT2D eigenvalue weighted by Gasteiger charge is 2.10. The molecule has 0 spiro atoms. The average Bonchev–Trinajstić information content (AvgIpc) is 2.59. The molecule has 2 N–H and O–H groups in total. The number of methoxy groups -OCH3 is 1. The van der Waals surface area contributed by atoms with Crippen LogP contribution in [-0.2, 0) is 6.54 Å². The van der Waals surface area contributed by atoms with Crippen molar-refractivity contribution in [2.24, 2.45) is 0 Å². The van der Waals surface area contributed by atoms with Gasteiger partial charge in [0.1, 0.15) is 16.9 Å². The van der Waals surface area contributed by atoms with E-state index in [1.807, 2.05) is 19.1 Å². The molecule has 0 radical (unpaired) electrons. The summed E-state index contributed by atoms with van der Waals surface area (Å²) >= 11 is 0. The summed E-state index contributed by atoms with van der Waals surface area (Å²) in [5.41, 5.74) is 1.98. The Morgan fingerprint density at radius 3 is 2.74 bits per heavy atom. The molecule has 0 saturated heterocycles. The van der Waals surface area contributed by atoms with Gasteiger partial charge >= 0.3 is 0 Å². The predicted octanol–water partition coefficient (Wildman–Crippen LogP) is 2.43. The van der Waals surface area contributed by atoms with Crippen molar-refractivity contribution in [2.45, 2.75) is 19.5 Å². The Labute approximate surface area is 133 Å². The third-order valence-electron chi connectivity index (χ3n) is 3.87. The number of aliphatic hydroxyl groups is 1. The number of benzene rings is 2. The normalized spacial score (nSPS) is 12.7. The van der Waals surface area contributed by atoms with E-state index in [1.54, 1.807) is 31.4 Å². The van der Waals surface area contributed by atoms with Crippen LogP contribution in [0.1, 0.15) is 12.5 Å². The highest BCUT2D eigenvalue weighted by molar-refractivity contribution is 5.90. The van der Waals surface area contributed by atoms with Crippen LogP contribution in [0.4, 0.5) is 0 Å². The molecule has 1 unspecified atom stereocenters. The maximum atomic E-state index is 12.7. The molecule has 0 amide bonds. The van der Waals surface area contributed by atoms with Gasteiger partial charge in [-0.2, -0.15) is 0 Å². The summed E-state index contributed by atoms with van der Waals surface area (Å²) in [6.07, 6.45) is 0. The van der Waals surface area contributed by atoms with Crippen LogP contribution < -0.4 is 15.5 Å². The Hall–Kier alpha value is -2.37. The molecule has 23 heavy (non-hydrogen) atoms. The number of nitrogens with one attached hydrogen (secondary N) is 1. The van der Waals surface area contributed by atoms with E-state index in [2.05, 4.69) is 5.32 Å². The van der Waals surface area contributed by atoms with Crippen molar-refractivity contribution in [3.05, 3.63) is 52.2 Å². The summed E-state index contributed by atoms with van der Waals surface area (Å²) in [6, 6.07) is 10.7. The molecule has 0 aliphatic rings. The van der Waals surface area contributed by atoms with Gasteiger partial charge in [-0.3, -0.25) is 4.79 Å². The minimum Gasteiger partial charge on any atom is -0.497 e. The number of aliphatic hydroxyl groups excluding tert-OH is 1. The van der Waals surface area contributed by atoms with Gasteiger partial charge in [-0.1, -0.05) is 6.07 Å². The Morgan fingerprint density at radius 1 is 1.17 bits per heavy atom. The topological polar surface area (TPSA) is 71.7 Å². The van der Waals surface area contributed by atoms with Crippen LogP contribution in [0.2, 0.25) is 0 Å². The highest BCUT2D eigenvalue weighted by atomic mass is 16.5. The molecule has 120 valence electrons. The molecule has 2 aromatic carbocycles. The first-order valence-corrected chi connectivity index (χ1v) is 7.50. The molecule has 5 heteroatoms. The highest BCUT2D eigenvalue weighted by Crippen LogP contribution is 2.23. The molecule has 1 heterocycles. The second kappa shape index (κ2) is 6.40. The molecule has 0 saturated carbocycles. The van der Waals surface area contributed by atoms with Gasteiger partial charge in [0.2, 0.25) is 5.43 Å². The van der Waals surface area contributed by atoms with E-state index in [-0.39, 0.29) is 18.1 Å². The second-order valence-corrected chi connectivity index (χ2v) is 5.59. The zero-order valence-electron chi connectivity index (χ0n) is 13.1. The quantitative estimate of drug-likeness (QED) is 0.708. The molecule has 0 aliphatic heterocycles. The molecule has 3 rings (SSSR count). The lowest BCUT2D eigenvalue weighted by Gasteiger charge is -2.11. The van der Waals surface area contributed by atoms with Crippen molar-refractivity contribution in [1.82, 2.24) is 5.32 Å². The summed E-state index contributed by atoms with van der Waals surface area (Å²) in [6.45, 7) is 2.55. The molecule has 0 bridgehead atoms. The van der Waals surface area contributed by atoms with E-state index in [9.17, 15) is 4.79 Å². The van der Waals surface area contributed by atoms with E-state index in [0.29, 0.717) is 34.2 Å². The largest absolute Gasteiger partial charge is 0.497 e. The average molecular weight is 313 g/mol. The lowest BCUT2D eigenvalue weighted by atomic mass is 10.1.